The highest BCUT2D eigenvalue weighted by molar-refractivity contribution is 7.99. The summed E-state index contributed by atoms with van der Waals surface area (Å²) < 4.78 is 11.7. The molecule has 0 aliphatic carbocycles. The van der Waals surface area contributed by atoms with E-state index in [4.69, 9.17) is 0 Å². The number of aliphatic carboxylic acids is 1. The predicted molar refractivity (Wildman–Crippen MR) is 101 cm³/mol. The quantitative estimate of drug-likeness (QED) is 0.543. The van der Waals surface area contributed by atoms with Crippen molar-refractivity contribution < 1.29 is 19.6 Å². The highest BCUT2D eigenvalue weighted by Gasteiger charge is 2.41. The Morgan fingerprint density at radius 1 is 1.21 bits per heavy atom. The molecule has 2 aromatic rings. The molecule has 0 heterocycles. The first kappa shape index (κ1) is 19.0. The molecular formula is C18H23O4PS. The van der Waals surface area contributed by atoms with Crippen LogP contribution in [0.3, 0.4) is 0 Å². The Hall–Kier alpha value is -1.29. The molecule has 0 radical (unpaired) electrons. The van der Waals surface area contributed by atoms with Crippen molar-refractivity contribution in [2.24, 2.45) is 11.8 Å². The van der Waals surface area contributed by atoms with E-state index in [0.717, 1.165) is 15.7 Å². The van der Waals surface area contributed by atoms with Crippen LogP contribution in [0.1, 0.15) is 20.3 Å². The normalized spacial score (nSPS) is 15.8. The molecule has 0 saturated carbocycles. The number of carboxylic acids is 1. The molecule has 0 saturated heterocycles. The molecule has 0 bridgehead atoms. The second-order valence-electron chi connectivity index (χ2n) is 6.43. The molecular weight excluding hydrogens is 343 g/mol. The molecule has 2 aromatic carbocycles. The number of thioether (sulfide) groups is 1. The molecule has 4 nitrogen and oxygen atoms in total. The van der Waals surface area contributed by atoms with E-state index in [1.54, 1.807) is 0 Å². The Morgan fingerprint density at radius 3 is 2.46 bits per heavy atom. The summed E-state index contributed by atoms with van der Waals surface area (Å²) in [6.45, 7) is 3.79. The Balaban J connectivity index is 2.18. The fourth-order valence-corrected chi connectivity index (χ4v) is 4.60. The number of fused-ring (bicyclic) bond motifs is 1. The van der Waals surface area contributed by atoms with E-state index < -0.39 is 25.7 Å². The van der Waals surface area contributed by atoms with Gasteiger partial charge < -0.3 is 14.8 Å². The van der Waals surface area contributed by atoms with Crippen molar-refractivity contribution in [2.45, 2.75) is 30.5 Å². The lowest BCUT2D eigenvalue weighted by Gasteiger charge is -2.30. The lowest BCUT2D eigenvalue weighted by molar-refractivity contribution is -0.147. The zero-order valence-corrected chi connectivity index (χ0v) is 15.8. The first-order chi connectivity index (χ1) is 11.4. The maximum atomic E-state index is 11.7. The van der Waals surface area contributed by atoms with Gasteiger partial charge in [-0.15, -0.1) is 11.8 Å². The molecule has 6 heteroatoms. The second-order valence-corrected chi connectivity index (χ2v) is 8.71. The Morgan fingerprint density at radius 2 is 1.88 bits per heavy atom. The summed E-state index contributed by atoms with van der Waals surface area (Å²) in [6.07, 6.45) is 0.305. The van der Waals surface area contributed by atoms with Gasteiger partial charge in [0.15, 0.2) is 0 Å². The van der Waals surface area contributed by atoms with Gasteiger partial charge in [0.2, 0.25) is 0 Å². The van der Waals surface area contributed by atoms with Gasteiger partial charge in [-0.2, -0.15) is 0 Å². The van der Waals surface area contributed by atoms with Crippen molar-refractivity contribution in [3.63, 3.8) is 0 Å². The molecule has 3 unspecified atom stereocenters. The monoisotopic (exact) mass is 366 g/mol. The highest BCUT2D eigenvalue weighted by atomic mass is 32.2. The largest absolute Gasteiger partial charge is 0.481 e. The number of benzene rings is 2. The van der Waals surface area contributed by atoms with Crippen LogP contribution in [0.25, 0.3) is 10.8 Å². The molecule has 0 fully saturated rings. The Kier molecular flexibility index (Phi) is 6.50. The summed E-state index contributed by atoms with van der Waals surface area (Å²) in [7, 11) is -1.62. The van der Waals surface area contributed by atoms with Crippen LogP contribution < -0.4 is 0 Å². The maximum Gasteiger partial charge on any atom is 0.309 e. The molecule has 0 amide bonds. The lowest BCUT2D eigenvalue weighted by atomic mass is 9.92. The molecule has 0 aliphatic heterocycles. The van der Waals surface area contributed by atoms with Crippen molar-refractivity contribution in [1.82, 2.24) is 0 Å². The highest BCUT2D eigenvalue weighted by Crippen LogP contribution is 2.38. The van der Waals surface area contributed by atoms with Crippen LogP contribution in [-0.4, -0.2) is 27.3 Å². The number of hydrogen-bond acceptors (Lipinski definition) is 4. The van der Waals surface area contributed by atoms with Crippen LogP contribution >= 0.6 is 20.2 Å². The van der Waals surface area contributed by atoms with Crippen molar-refractivity contribution in [3.05, 3.63) is 42.5 Å². The van der Waals surface area contributed by atoms with Crippen LogP contribution in [0.5, 0.6) is 0 Å². The smallest absolute Gasteiger partial charge is 0.309 e. The van der Waals surface area contributed by atoms with Crippen molar-refractivity contribution >= 4 is 37.0 Å². The average molecular weight is 366 g/mol. The Bertz CT molecular complexity index is 734. The predicted octanol–water partition coefficient (Wildman–Crippen LogP) is 4.12. The molecule has 0 aromatic heterocycles. The van der Waals surface area contributed by atoms with Gasteiger partial charge in [0.05, 0.1) is 14.4 Å². The van der Waals surface area contributed by atoms with Gasteiger partial charge in [-0.25, -0.2) is 0 Å². The SMILES string of the molecule is CC(C)CC(C(=O)O)C(O)(CSc1ccc2ccccc2c1)[PH2]=O. The summed E-state index contributed by atoms with van der Waals surface area (Å²) in [5.41, 5.74) is 0. The lowest BCUT2D eigenvalue weighted by Crippen LogP contribution is -2.40. The first-order valence-corrected chi connectivity index (χ1v) is 9.92. The van der Waals surface area contributed by atoms with E-state index >= 15 is 0 Å². The molecule has 24 heavy (non-hydrogen) atoms. The van der Waals surface area contributed by atoms with E-state index in [9.17, 15) is 19.6 Å². The second kappa shape index (κ2) is 8.19. The minimum absolute atomic E-state index is 0.105. The number of hydrogen-bond donors (Lipinski definition) is 2. The molecule has 2 rings (SSSR count). The minimum atomic E-state index is -1.67. The molecule has 3 atom stereocenters. The van der Waals surface area contributed by atoms with Crippen LogP contribution in [0.2, 0.25) is 0 Å². The molecule has 2 N–H and O–H groups in total. The molecule has 0 spiro atoms. The number of carbonyl (C=O) groups is 1. The summed E-state index contributed by atoms with van der Waals surface area (Å²) in [6, 6.07) is 13.9. The third-order valence-electron chi connectivity index (χ3n) is 4.00. The number of carboxylic acid groups (broad SMARTS) is 1. The Labute approximate surface area is 147 Å². The summed E-state index contributed by atoms with van der Waals surface area (Å²) in [4.78, 5) is 12.5. The summed E-state index contributed by atoms with van der Waals surface area (Å²) in [5, 5.41) is 20.7. The van der Waals surface area contributed by atoms with Gasteiger partial charge in [0.1, 0.15) is 5.34 Å². The number of aliphatic hydroxyl groups is 1. The van der Waals surface area contributed by atoms with Gasteiger partial charge in [-0.3, -0.25) is 4.79 Å². The van der Waals surface area contributed by atoms with Gasteiger partial charge >= 0.3 is 5.97 Å². The van der Waals surface area contributed by atoms with Crippen LogP contribution in [0.15, 0.2) is 47.4 Å². The van der Waals surface area contributed by atoms with Gasteiger partial charge in [0.25, 0.3) is 0 Å². The van der Waals surface area contributed by atoms with Crippen molar-refractivity contribution in [2.75, 3.05) is 5.75 Å². The van der Waals surface area contributed by atoms with Gasteiger partial charge in [-0.05, 0) is 35.2 Å². The van der Waals surface area contributed by atoms with Gasteiger partial charge in [0, 0.05) is 10.6 Å². The minimum Gasteiger partial charge on any atom is -0.481 e. The molecule has 130 valence electrons. The third-order valence-corrected chi connectivity index (χ3v) is 6.51. The fraction of sp³-hybridized carbons (Fsp3) is 0.389. The van der Waals surface area contributed by atoms with E-state index in [1.165, 1.54) is 11.8 Å². The third kappa shape index (κ3) is 4.62. The zero-order chi connectivity index (χ0) is 17.7. The van der Waals surface area contributed by atoms with Crippen LogP contribution in [0, 0.1) is 11.8 Å². The van der Waals surface area contributed by atoms with E-state index in [-0.39, 0.29) is 11.7 Å². The van der Waals surface area contributed by atoms with E-state index in [2.05, 4.69) is 0 Å². The van der Waals surface area contributed by atoms with Gasteiger partial charge in [-0.1, -0.05) is 44.2 Å². The fourth-order valence-electron chi connectivity index (χ4n) is 2.66. The topological polar surface area (TPSA) is 74.6 Å². The van der Waals surface area contributed by atoms with E-state index in [1.807, 2.05) is 56.3 Å². The maximum absolute atomic E-state index is 11.7. The first-order valence-electron chi connectivity index (χ1n) is 7.89. The van der Waals surface area contributed by atoms with Crippen LogP contribution in [-0.2, 0) is 9.36 Å². The van der Waals surface area contributed by atoms with Crippen LogP contribution in [0.4, 0.5) is 0 Å². The van der Waals surface area contributed by atoms with E-state index in [0.29, 0.717) is 6.42 Å². The standard InChI is InChI=1S/C18H23O4PS/c1-12(2)9-16(17(19)20)18(21,23-22)11-24-15-8-7-13-5-3-4-6-14(13)10-15/h3-8,10,12,16,21H,9,11,23H2,1-2H3,(H,19,20). The number of rotatable bonds is 8. The summed E-state index contributed by atoms with van der Waals surface area (Å²) in [5.74, 6) is -1.89. The van der Waals surface area contributed by atoms with Crippen molar-refractivity contribution in [3.8, 4) is 0 Å². The van der Waals surface area contributed by atoms with Crippen molar-refractivity contribution in [1.29, 1.82) is 0 Å². The summed E-state index contributed by atoms with van der Waals surface area (Å²) >= 11 is 1.35. The average Bonchev–Trinajstić information content (AvgIpc) is 2.57. The molecule has 0 aliphatic rings. The zero-order valence-electron chi connectivity index (χ0n) is 13.8.